The number of hydrogen-bond acceptors (Lipinski definition) is 7. The van der Waals surface area contributed by atoms with Gasteiger partial charge in [-0.3, -0.25) is 9.59 Å². The minimum absolute atomic E-state index is 0.0390. The van der Waals surface area contributed by atoms with Crippen molar-refractivity contribution in [3.63, 3.8) is 0 Å². The van der Waals surface area contributed by atoms with Crippen LogP contribution < -0.4 is 5.32 Å². The van der Waals surface area contributed by atoms with Crippen molar-refractivity contribution in [1.29, 1.82) is 0 Å². The van der Waals surface area contributed by atoms with Crippen molar-refractivity contribution in [2.45, 2.75) is 62.1 Å². The number of carboxylic acid groups (broad SMARTS) is 2. The molecular weight excluding hydrogens is 546 g/mol. The minimum atomic E-state index is -0.964. The van der Waals surface area contributed by atoms with E-state index in [9.17, 15) is 19.5 Å². The Bertz CT molecular complexity index is 1310. The van der Waals surface area contributed by atoms with Crippen LogP contribution in [0.1, 0.15) is 71.5 Å². The number of nitrogens with one attached hydrogen (secondary N) is 1. The number of unbranched alkanes of at least 4 members (excludes halogenated alkanes) is 1. The van der Waals surface area contributed by atoms with Crippen LogP contribution in [0.25, 0.3) is 0 Å². The van der Waals surface area contributed by atoms with Crippen LogP contribution >= 0.6 is 11.8 Å². The maximum absolute atomic E-state index is 12.2. The second-order valence-electron chi connectivity index (χ2n) is 9.76. The van der Waals surface area contributed by atoms with Gasteiger partial charge >= 0.3 is 11.9 Å². The molecule has 0 aromatic heterocycles. The number of ether oxygens (including phenoxy) is 2. The smallest absolute Gasteiger partial charge is 0.335 e. The summed E-state index contributed by atoms with van der Waals surface area (Å²) in [5, 5.41) is 30.1. The average Bonchev–Trinajstić information content (AvgIpc) is 2.98. The summed E-state index contributed by atoms with van der Waals surface area (Å²) in [6.07, 6.45) is 0.819. The topological polar surface area (TPSA) is 142 Å². The van der Waals surface area contributed by atoms with Gasteiger partial charge in [0.2, 0.25) is 5.91 Å². The molecule has 3 atom stereocenters. The summed E-state index contributed by atoms with van der Waals surface area (Å²) in [6, 6.07) is 21.6. The predicted molar refractivity (Wildman–Crippen MR) is 154 cm³/mol. The summed E-state index contributed by atoms with van der Waals surface area (Å²) in [6.45, 7) is -0.0390. The molecule has 216 valence electrons. The van der Waals surface area contributed by atoms with Crippen molar-refractivity contribution in [3.8, 4) is 0 Å². The second-order valence-corrected chi connectivity index (χ2v) is 10.9. The van der Waals surface area contributed by atoms with E-state index in [-0.39, 0.29) is 43.1 Å². The molecule has 0 radical (unpaired) electrons. The van der Waals surface area contributed by atoms with Crippen molar-refractivity contribution in [1.82, 2.24) is 0 Å². The lowest BCUT2D eigenvalue weighted by molar-refractivity contribution is -0.245. The van der Waals surface area contributed by atoms with E-state index in [4.69, 9.17) is 19.7 Å². The third kappa shape index (κ3) is 9.15. The maximum atomic E-state index is 12.2. The van der Waals surface area contributed by atoms with Crippen LogP contribution in [-0.2, 0) is 25.7 Å². The number of hydrogen-bond donors (Lipinski definition) is 4. The number of thioether (sulfide) groups is 1. The Morgan fingerprint density at radius 2 is 1.49 bits per heavy atom. The van der Waals surface area contributed by atoms with Gasteiger partial charge < -0.3 is 30.1 Å². The summed E-state index contributed by atoms with van der Waals surface area (Å²) in [7, 11) is 0. The van der Waals surface area contributed by atoms with Gasteiger partial charge in [-0.2, -0.15) is 0 Å². The van der Waals surface area contributed by atoms with E-state index >= 15 is 0 Å². The van der Waals surface area contributed by atoms with E-state index in [2.05, 4.69) is 5.32 Å². The van der Waals surface area contributed by atoms with Crippen molar-refractivity contribution >= 4 is 35.3 Å². The average molecular weight is 580 g/mol. The van der Waals surface area contributed by atoms with E-state index < -0.39 is 18.2 Å². The second kappa shape index (κ2) is 14.8. The van der Waals surface area contributed by atoms with E-state index in [1.807, 2.05) is 36.4 Å². The summed E-state index contributed by atoms with van der Waals surface area (Å²) in [4.78, 5) is 34.9. The van der Waals surface area contributed by atoms with E-state index in [0.717, 1.165) is 21.6 Å². The molecule has 1 fully saturated rings. The molecule has 0 saturated carbocycles. The fraction of sp³-hybridized carbons (Fsp3) is 0.323. The summed E-state index contributed by atoms with van der Waals surface area (Å²) >= 11 is 1.58. The lowest BCUT2D eigenvalue weighted by Crippen LogP contribution is -2.31. The molecule has 1 heterocycles. The highest BCUT2D eigenvalue weighted by molar-refractivity contribution is 7.99. The molecule has 10 heteroatoms. The largest absolute Gasteiger partial charge is 0.481 e. The van der Waals surface area contributed by atoms with Crippen molar-refractivity contribution in [2.24, 2.45) is 0 Å². The van der Waals surface area contributed by atoms with Crippen molar-refractivity contribution in [3.05, 3.63) is 95.1 Å². The lowest BCUT2D eigenvalue weighted by atomic mass is 10.0. The number of amides is 1. The quantitative estimate of drug-likeness (QED) is 0.146. The third-order valence-electron chi connectivity index (χ3n) is 6.66. The molecule has 4 rings (SSSR count). The molecule has 0 aliphatic carbocycles. The predicted octanol–water partition coefficient (Wildman–Crippen LogP) is 5.80. The highest BCUT2D eigenvalue weighted by Crippen LogP contribution is 2.39. The minimum Gasteiger partial charge on any atom is -0.481 e. The monoisotopic (exact) mass is 579 g/mol. The van der Waals surface area contributed by atoms with Gasteiger partial charge in [0.1, 0.15) is 0 Å². The SMILES string of the molecule is O=C(O)CCCCC(=O)Nc1ccc([C@H]2O[C@@H](CSc3ccc(C(=O)O)cc3)C[C@@H](c3ccc(CO)cc3)O2)cc1. The Morgan fingerprint density at radius 1 is 0.829 bits per heavy atom. The maximum Gasteiger partial charge on any atom is 0.335 e. The summed E-state index contributed by atoms with van der Waals surface area (Å²) < 4.78 is 12.7. The molecule has 4 N–H and O–H groups in total. The number of carbonyl (C=O) groups excluding carboxylic acids is 1. The zero-order valence-corrected chi connectivity index (χ0v) is 23.2. The first kappa shape index (κ1) is 30.3. The Kier molecular flexibility index (Phi) is 10.9. The molecule has 9 nitrogen and oxygen atoms in total. The van der Waals surface area contributed by atoms with E-state index in [1.54, 1.807) is 48.2 Å². The molecule has 1 amide bonds. The number of aliphatic hydroxyl groups is 1. The molecule has 3 aromatic carbocycles. The van der Waals surface area contributed by atoms with Crippen LogP contribution in [0.15, 0.2) is 77.7 Å². The molecule has 1 aliphatic heterocycles. The zero-order valence-electron chi connectivity index (χ0n) is 22.4. The van der Waals surface area contributed by atoms with Crippen molar-refractivity contribution < 1.29 is 39.2 Å². The van der Waals surface area contributed by atoms with Crippen LogP contribution in [0.3, 0.4) is 0 Å². The molecule has 1 saturated heterocycles. The fourth-order valence-electron chi connectivity index (χ4n) is 4.41. The van der Waals surface area contributed by atoms with Gasteiger partial charge in [-0.25, -0.2) is 4.79 Å². The molecule has 0 unspecified atom stereocenters. The van der Waals surface area contributed by atoms with E-state index in [1.165, 1.54) is 0 Å². The van der Waals surface area contributed by atoms with Crippen LogP contribution in [0.4, 0.5) is 5.69 Å². The number of benzene rings is 3. The normalized spacial score (nSPS) is 18.5. The van der Waals surface area contributed by atoms with Gasteiger partial charge in [-0.15, -0.1) is 11.8 Å². The number of anilines is 1. The molecule has 3 aromatic rings. The molecule has 1 aliphatic rings. The van der Waals surface area contributed by atoms with Gasteiger partial charge in [0, 0.05) is 41.2 Å². The zero-order chi connectivity index (χ0) is 29.2. The van der Waals surface area contributed by atoms with Crippen LogP contribution in [-0.4, -0.2) is 45.0 Å². The number of rotatable bonds is 13. The Morgan fingerprint density at radius 3 is 2.12 bits per heavy atom. The number of aliphatic hydroxyl groups excluding tert-OH is 1. The van der Waals surface area contributed by atoms with Gasteiger partial charge in [0.05, 0.1) is 24.4 Å². The Hall–Kier alpha value is -3.70. The highest BCUT2D eigenvalue weighted by atomic mass is 32.2. The molecule has 0 spiro atoms. The van der Waals surface area contributed by atoms with Crippen molar-refractivity contribution in [2.75, 3.05) is 11.1 Å². The first-order chi connectivity index (χ1) is 19.8. The fourth-order valence-corrected chi connectivity index (χ4v) is 5.34. The summed E-state index contributed by atoms with van der Waals surface area (Å²) in [5.41, 5.74) is 3.45. The number of carboxylic acids is 2. The highest BCUT2D eigenvalue weighted by Gasteiger charge is 2.32. The number of aliphatic carboxylic acids is 1. The first-order valence-electron chi connectivity index (χ1n) is 13.4. The summed E-state index contributed by atoms with van der Waals surface area (Å²) in [5.74, 6) is -1.37. The lowest BCUT2D eigenvalue weighted by Gasteiger charge is -2.36. The van der Waals surface area contributed by atoms with Crippen LogP contribution in [0.5, 0.6) is 0 Å². The van der Waals surface area contributed by atoms with Crippen LogP contribution in [0.2, 0.25) is 0 Å². The standard InChI is InChI=1S/C31H33NO8S/c33-18-20-5-7-21(8-6-20)27-17-25(19-41-26-15-11-22(12-16-26)30(37)38)39-31(40-27)23-9-13-24(14-10-23)32-28(34)3-1-2-4-29(35)36/h5-16,25,27,31,33H,1-4,17-19H2,(H,32,34)(H,35,36)(H,37,38)/t25-,27+,31+/m1/s1. The Labute approximate surface area is 242 Å². The molecule has 41 heavy (non-hydrogen) atoms. The van der Waals surface area contributed by atoms with Gasteiger partial charge in [-0.05, 0) is 60.4 Å². The molecule has 0 bridgehead atoms. The number of aromatic carboxylic acids is 1. The first-order valence-corrected chi connectivity index (χ1v) is 14.4. The van der Waals surface area contributed by atoms with Gasteiger partial charge in [0.15, 0.2) is 6.29 Å². The number of carbonyl (C=O) groups is 3. The molecular formula is C31H33NO8S. The Balaban J connectivity index is 1.42. The van der Waals surface area contributed by atoms with Gasteiger partial charge in [-0.1, -0.05) is 36.4 Å². The van der Waals surface area contributed by atoms with Gasteiger partial charge in [0.25, 0.3) is 0 Å². The van der Waals surface area contributed by atoms with E-state index in [0.29, 0.717) is 30.7 Å². The third-order valence-corrected chi connectivity index (χ3v) is 7.81. The van der Waals surface area contributed by atoms with Crippen LogP contribution in [0, 0.1) is 0 Å².